The predicted octanol–water partition coefficient (Wildman–Crippen LogP) is 2.56. The first-order valence-corrected chi connectivity index (χ1v) is 10.5. The van der Waals surface area contributed by atoms with Gasteiger partial charge in [0.1, 0.15) is 6.10 Å². The fourth-order valence-corrected chi connectivity index (χ4v) is 2.71. The molecule has 6 nitrogen and oxygen atoms in total. The lowest BCUT2D eigenvalue weighted by Crippen LogP contribution is -2.41. The molecular formula is C18H27BrN2O4S. The van der Waals surface area contributed by atoms with Crippen LogP contribution in [0.5, 0.6) is 0 Å². The lowest BCUT2D eigenvalue weighted by Gasteiger charge is -2.20. The van der Waals surface area contributed by atoms with Crippen molar-refractivity contribution in [3.63, 3.8) is 0 Å². The van der Waals surface area contributed by atoms with Crippen molar-refractivity contribution in [2.24, 2.45) is 0 Å². The summed E-state index contributed by atoms with van der Waals surface area (Å²) in [5.41, 5.74) is 1.12. The molecule has 1 aliphatic rings. The monoisotopic (exact) mass is 446 g/mol. The highest BCUT2D eigenvalue weighted by molar-refractivity contribution is 9.09. The number of nitrogens with one attached hydrogen (secondary N) is 2. The zero-order valence-corrected chi connectivity index (χ0v) is 17.4. The predicted molar refractivity (Wildman–Crippen MR) is 109 cm³/mol. The van der Waals surface area contributed by atoms with Crippen LogP contribution in [0.25, 0.3) is 0 Å². The van der Waals surface area contributed by atoms with Crippen LogP contribution in [0.2, 0.25) is 0 Å². The second-order valence-electron chi connectivity index (χ2n) is 5.69. The number of rotatable bonds is 8. The van der Waals surface area contributed by atoms with Crippen molar-refractivity contribution in [1.82, 2.24) is 10.6 Å². The summed E-state index contributed by atoms with van der Waals surface area (Å²) in [6, 6.07) is 9.80. The molecule has 0 aromatic heterocycles. The Kier molecular flexibility index (Phi) is 12.2. The Morgan fingerprint density at radius 3 is 2.69 bits per heavy atom. The van der Waals surface area contributed by atoms with Gasteiger partial charge in [0, 0.05) is 19.0 Å². The summed E-state index contributed by atoms with van der Waals surface area (Å²) >= 11 is 6.64. The largest absolute Gasteiger partial charge is 0.444 e. The zero-order valence-electron chi connectivity index (χ0n) is 14.9. The third-order valence-electron chi connectivity index (χ3n) is 3.74. The van der Waals surface area contributed by atoms with Crippen LogP contribution in [0.4, 0.5) is 4.79 Å². The van der Waals surface area contributed by atoms with E-state index in [0.717, 1.165) is 12.0 Å². The molecular weight excluding hydrogens is 420 g/mol. The third-order valence-corrected chi connectivity index (χ3v) is 4.25. The number of alkyl halides is 1. The molecule has 0 spiro atoms. The summed E-state index contributed by atoms with van der Waals surface area (Å²) in [6.45, 7) is 1.58. The summed E-state index contributed by atoms with van der Waals surface area (Å²) in [5, 5.41) is 5.97. The van der Waals surface area contributed by atoms with E-state index in [0.29, 0.717) is 32.6 Å². The molecule has 2 rings (SSSR count). The van der Waals surface area contributed by atoms with Crippen molar-refractivity contribution >= 4 is 40.6 Å². The van der Waals surface area contributed by atoms with Crippen LogP contribution in [0, 0.1) is 0 Å². The average molecular weight is 447 g/mol. The van der Waals surface area contributed by atoms with E-state index in [1.807, 2.05) is 30.3 Å². The van der Waals surface area contributed by atoms with Gasteiger partial charge in [0.25, 0.3) is 0 Å². The first-order valence-electron chi connectivity index (χ1n) is 8.53. The maximum Gasteiger partial charge on any atom is 0.407 e. The van der Waals surface area contributed by atoms with Crippen LogP contribution in [-0.2, 0) is 20.7 Å². The molecule has 2 atom stereocenters. The highest BCUT2D eigenvalue weighted by atomic mass is 79.9. The van der Waals surface area contributed by atoms with E-state index >= 15 is 0 Å². The molecule has 0 radical (unpaired) electrons. The zero-order chi connectivity index (χ0) is 19.2. The highest BCUT2D eigenvalue weighted by Crippen LogP contribution is 2.10. The van der Waals surface area contributed by atoms with Crippen molar-refractivity contribution < 1.29 is 19.1 Å². The highest BCUT2D eigenvalue weighted by Gasteiger charge is 2.21. The van der Waals surface area contributed by atoms with E-state index in [9.17, 15) is 9.59 Å². The molecule has 26 heavy (non-hydrogen) atoms. The van der Waals surface area contributed by atoms with Gasteiger partial charge in [-0.3, -0.25) is 4.79 Å². The quantitative estimate of drug-likeness (QED) is 0.423. The van der Waals surface area contributed by atoms with E-state index in [1.54, 1.807) is 6.26 Å². The van der Waals surface area contributed by atoms with Gasteiger partial charge in [-0.15, -0.1) is 0 Å². The van der Waals surface area contributed by atoms with E-state index in [-0.39, 0.29) is 23.4 Å². The fraction of sp³-hybridized carbons (Fsp3) is 0.556. The van der Waals surface area contributed by atoms with Crippen LogP contribution >= 0.6 is 28.6 Å². The van der Waals surface area contributed by atoms with Gasteiger partial charge < -0.3 is 20.1 Å². The van der Waals surface area contributed by atoms with Gasteiger partial charge in [0.15, 0.2) is 0 Å². The lowest BCUT2D eigenvalue weighted by atomic mass is 10.0. The number of ether oxygens (including phenoxy) is 2. The molecule has 0 bridgehead atoms. The number of hydrogen-bond acceptors (Lipinski definition) is 5. The number of amides is 2. The molecule has 146 valence electrons. The molecule has 0 aliphatic carbocycles. The minimum atomic E-state index is -0.432. The molecule has 1 fully saturated rings. The van der Waals surface area contributed by atoms with Crippen LogP contribution in [0.15, 0.2) is 30.3 Å². The van der Waals surface area contributed by atoms with Gasteiger partial charge in [-0.05, 0) is 24.7 Å². The number of benzene rings is 1. The number of halogens is 1. The Balaban J connectivity index is 0.00000163. The minimum absolute atomic E-state index is 0.0702. The van der Waals surface area contributed by atoms with E-state index < -0.39 is 6.09 Å². The Bertz CT molecular complexity index is 527. The molecule has 2 amide bonds. The summed E-state index contributed by atoms with van der Waals surface area (Å²) in [5.74, 6) is -0.0702. The molecule has 1 aliphatic heterocycles. The second-order valence-corrected chi connectivity index (χ2v) is 6.25. The van der Waals surface area contributed by atoms with Gasteiger partial charge >= 0.3 is 6.09 Å². The summed E-state index contributed by atoms with van der Waals surface area (Å²) < 4.78 is 10.6. The summed E-state index contributed by atoms with van der Waals surface area (Å²) in [7, 11) is 0. The summed E-state index contributed by atoms with van der Waals surface area (Å²) in [4.78, 5) is 23.4. The number of carbonyl (C=O) groups is 2. The molecule has 2 N–H and O–H groups in total. The maximum absolute atomic E-state index is 12.1. The average Bonchev–Trinajstić information content (AvgIpc) is 3.16. The van der Waals surface area contributed by atoms with Crippen molar-refractivity contribution in [3.8, 4) is 0 Å². The Morgan fingerprint density at radius 1 is 1.35 bits per heavy atom. The first kappa shape index (κ1) is 22.8. The van der Waals surface area contributed by atoms with Crippen molar-refractivity contribution in [3.05, 3.63) is 35.9 Å². The molecule has 0 saturated carbocycles. The van der Waals surface area contributed by atoms with E-state index in [2.05, 4.69) is 39.2 Å². The van der Waals surface area contributed by atoms with Crippen molar-refractivity contribution in [1.29, 1.82) is 0 Å². The molecule has 1 aromatic rings. The van der Waals surface area contributed by atoms with Crippen molar-refractivity contribution in [2.45, 2.75) is 31.4 Å². The van der Waals surface area contributed by atoms with Crippen LogP contribution in [0.1, 0.15) is 18.4 Å². The molecule has 1 heterocycles. The van der Waals surface area contributed by atoms with Crippen LogP contribution < -0.4 is 10.6 Å². The molecule has 2 unspecified atom stereocenters. The van der Waals surface area contributed by atoms with Gasteiger partial charge in [-0.25, -0.2) is 4.79 Å². The Morgan fingerprint density at radius 2 is 2.08 bits per heavy atom. The normalized spacial score (nSPS) is 16.8. The van der Waals surface area contributed by atoms with Gasteiger partial charge in [0.05, 0.1) is 18.5 Å². The van der Waals surface area contributed by atoms with Gasteiger partial charge in [0.2, 0.25) is 5.91 Å². The number of hydrogen-bond donors (Lipinski definition) is 3. The molecule has 1 aromatic carbocycles. The van der Waals surface area contributed by atoms with Crippen LogP contribution in [0.3, 0.4) is 0 Å². The number of thiol groups is 1. The standard InChI is InChI=1S/C17H23BrN2O4.CH4S/c18-11-16(21)19-8-6-14(10-13-4-2-1-3-5-13)20-17(22)24-15-7-9-23-12-15;1-2/h1-5,14-15H,6-12H2,(H,19,21)(H,20,22);2H,1H3. The lowest BCUT2D eigenvalue weighted by molar-refractivity contribution is -0.118. The van der Waals surface area contributed by atoms with Crippen LogP contribution in [-0.4, -0.2) is 55.5 Å². The number of carbonyl (C=O) groups excluding carboxylic acids is 2. The van der Waals surface area contributed by atoms with Gasteiger partial charge in [-0.1, -0.05) is 46.3 Å². The molecule has 1 saturated heterocycles. The Labute approximate surface area is 168 Å². The SMILES string of the molecule is CS.O=C(CBr)NCCC(Cc1ccccc1)NC(=O)OC1CCOC1. The van der Waals surface area contributed by atoms with E-state index in [1.165, 1.54) is 0 Å². The smallest absolute Gasteiger partial charge is 0.407 e. The third kappa shape index (κ3) is 9.45. The minimum Gasteiger partial charge on any atom is -0.444 e. The first-order chi connectivity index (χ1) is 12.7. The Hall–Kier alpha value is -1.25. The second kappa shape index (κ2) is 13.9. The van der Waals surface area contributed by atoms with E-state index in [4.69, 9.17) is 9.47 Å². The number of alkyl carbamates (subject to hydrolysis) is 1. The van der Waals surface area contributed by atoms with Gasteiger partial charge in [-0.2, -0.15) is 12.6 Å². The maximum atomic E-state index is 12.1. The van der Waals surface area contributed by atoms with Crippen molar-refractivity contribution in [2.75, 3.05) is 31.3 Å². The molecule has 8 heteroatoms. The summed E-state index contributed by atoms with van der Waals surface area (Å²) in [6.07, 6.45) is 3.14. The fourth-order valence-electron chi connectivity index (χ4n) is 2.51. The topological polar surface area (TPSA) is 76.7 Å².